The predicted octanol–water partition coefficient (Wildman–Crippen LogP) is 3.00. The molecule has 0 unspecified atom stereocenters. The third-order valence-electron chi connectivity index (χ3n) is 4.39. The summed E-state index contributed by atoms with van der Waals surface area (Å²) in [5, 5.41) is 0. The van der Waals surface area contributed by atoms with E-state index in [-0.39, 0.29) is 5.41 Å². The molecule has 0 bridgehead atoms. The molecule has 0 atom stereocenters. The molecule has 2 N–H and O–H groups in total. The van der Waals surface area contributed by atoms with E-state index in [0.717, 1.165) is 17.9 Å². The molecule has 0 amide bonds. The van der Waals surface area contributed by atoms with Crippen molar-refractivity contribution in [1.82, 2.24) is 0 Å². The standard InChI is InChI=1S/C16H25NO2/c1-18-11-13-10-14(6-7-15(13)19-2)16(12-17)8-4-3-5-9-16/h6-7,10H,3-5,8-9,11-12,17H2,1-2H3. The summed E-state index contributed by atoms with van der Waals surface area (Å²) in [6.07, 6.45) is 6.29. The van der Waals surface area contributed by atoms with Crippen molar-refractivity contribution < 1.29 is 9.47 Å². The van der Waals surface area contributed by atoms with Crippen molar-refractivity contribution in [3.8, 4) is 5.75 Å². The van der Waals surface area contributed by atoms with E-state index in [1.54, 1.807) is 14.2 Å². The predicted molar refractivity (Wildman–Crippen MR) is 77.5 cm³/mol. The normalized spacial score (nSPS) is 18.3. The third kappa shape index (κ3) is 2.93. The summed E-state index contributed by atoms with van der Waals surface area (Å²) in [6.45, 7) is 1.31. The Morgan fingerprint density at radius 2 is 1.89 bits per heavy atom. The van der Waals surface area contributed by atoms with Crippen molar-refractivity contribution in [2.45, 2.75) is 44.1 Å². The van der Waals surface area contributed by atoms with Crippen LogP contribution in [-0.2, 0) is 16.8 Å². The fourth-order valence-electron chi connectivity index (χ4n) is 3.22. The second kappa shape index (κ2) is 6.40. The lowest BCUT2D eigenvalue weighted by atomic mass is 9.69. The minimum atomic E-state index is 0.160. The molecule has 19 heavy (non-hydrogen) atoms. The van der Waals surface area contributed by atoms with Gasteiger partial charge in [-0.05, 0) is 30.5 Å². The Balaban J connectivity index is 2.34. The van der Waals surface area contributed by atoms with E-state index < -0.39 is 0 Å². The average Bonchev–Trinajstić information content (AvgIpc) is 2.48. The minimum Gasteiger partial charge on any atom is -0.496 e. The maximum atomic E-state index is 6.10. The van der Waals surface area contributed by atoms with E-state index >= 15 is 0 Å². The molecule has 0 spiro atoms. The molecule has 3 heteroatoms. The van der Waals surface area contributed by atoms with Gasteiger partial charge in [-0.2, -0.15) is 0 Å². The van der Waals surface area contributed by atoms with Crippen molar-refractivity contribution in [3.63, 3.8) is 0 Å². The zero-order valence-electron chi connectivity index (χ0n) is 12.1. The van der Waals surface area contributed by atoms with Gasteiger partial charge in [0, 0.05) is 24.6 Å². The SMILES string of the molecule is COCc1cc(C2(CN)CCCCC2)ccc1OC. The zero-order chi connectivity index (χ0) is 13.7. The summed E-state index contributed by atoms with van der Waals surface area (Å²) in [5.74, 6) is 0.897. The third-order valence-corrected chi connectivity index (χ3v) is 4.39. The van der Waals surface area contributed by atoms with Crippen molar-refractivity contribution in [2.75, 3.05) is 20.8 Å². The molecule has 0 aliphatic heterocycles. The summed E-state index contributed by atoms with van der Waals surface area (Å²) in [7, 11) is 3.42. The highest BCUT2D eigenvalue weighted by Gasteiger charge is 2.32. The largest absolute Gasteiger partial charge is 0.496 e. The maximum Gasteiger partial charge on any atom is 0.124 e. The first kappa shape index (κ1) is 14.4. The summed E-state index contributed by atoms with van der Waals surface area (Å²) < 4.78 is 10.7. The van der Waals surface area contributed by atoms with E-state index in [1.165, 1.54) is 37.7 Å². The fraction of sp³-hybridized carbons (Fsp3) is 0.625. The highest BCUT2D eigenvalue weighted by atomic mass is 16.5. The van der Waals surface area contributed by atoms with Gasteiger partial charge in [0.25, 0.3) is 0 Å². The number of nitrogens with two attached hydrogens (primary N) is 1. The number of methoxy groups -OCH3 is 2. The van der Waals surface area contributed by atoms with E-state index in [4.69, 9.17) is 15.2 Å². The Kier molecular flexibility index (Phi) is 4.83. The topological polar surface area (TPSA) is 44.5 Å². The molecular weight excluding hydrogens is 238 g/mol. The number of hydrogen-bond acceptors (Lipinski definition) is 3. The maximum absolute atomic E-state index is 6.10. The molecular formula is C16H25NO2. The van der Waals surface area contributed by atoms with Crippen LogP contribution in [0.25, 0.3) is 0 Å². The van der Waals surface area contributed by atoms with Crippen molar-refractivity contribution in [2.24, 2.45) is 5.73 Å². The first-order chi connectivity index (χ1) is 9.25. The molecule has 1 saturated carbocycles. The number of hydrogen-bond donors (Lipinski definition) is 1. The van der Waals surface area contributed by atoms with Crippen molar-refractivity contribution in [1.29, 1.82) is 0 Å². The van der Waals surface area contributed by atoms with E-state index in [2.05, 4.69) is 18.2 Å². The van der Waals surface area contributed by atoms with Crippen molar-refractivity contribution >= 4 is 0 Å². The smallest absolute Gasteiger partial charge is 0.124 e. The first-order valence-electron chi connectivity index (χ1n) is 7.12. The van der Waals surface area contributed by atoms with Crippen LogP contribution in [0.4, 0.5) is 0 Å². The molecule has 0 heterocycles. The van der Waals surface area contributed by atoms with Crippen LogP contribution in [0.5, 0.6) is 5.75 Å². The van der Waals surface area contributed by atoms with Gasteiger partial charge in [0.15, 0.2) is 0 Å². The second-order valence-electron chi connectivity index (χ2n) is 5.50. The van der Waals surface area contributed by atoms with Crippen LogP contribution in [0.15, 0.2) is 18.2 Å². The van der Waals surface area contributed by atoms with Crippen LogP contribution in [-0.4, -0.2) is 20.8 Å². The van der Waals surface area contributed by atoms with Crippen LogP contribution >= 0.6 is 0 Å². The second-order valence-corrected chi connectivity index (χ2v) is 5.50. The van der Waals surface area contributed by atoms with Crippen LogP contribution in [0, 0.1) is 0 Å². The van der Waals surface area contributed by atoms with Gasteiger partial charge in [-0.3, -0.25) is 0 Å². The molecule has 2 rings (SSSR count). The highest BCUT2D eigenvalue weighted by Crippen LogP contribution is 2.40. The van der Waals surface area contributed by atoms with Gasteiger partial charge < -0.3 is 15.2 Å². The lowest BCUT2D eigenvalue weighted by Crippen LogP contribution is -2.37. The molecule has 106 valence electrons. The Labute approximate surface area is 116 Å². The molecule has 1 fully saturated rings. The van der Waals surface area contributed by atoms with Gasteiger partial charge in [0.05, 0.1) is 13.7 Å². The average molecular weight is 263 g/mol. The van der Waals surface area contributed by atoms with Gasteiger partial charge in [-0.15, -0.1) is 0 Å². The zero-order valence-corrected chi connectivity index (χ0v) is 12.1. The Bertz CT molecular complexity index is 411. The molecule has 1 aliphatic rings. The quantitative estimate of drug-likeness (QED) is 0.888. The first-order valence-corrected chi connectivity index (χ1v) is 7.12. The molecule has 1 aliphatic carbocycles. The Morgan fingerprint density at radius 1 is 1.16 bits per heavy atom. The van der Waals surface area contributed by atoms with Gasteiger partial charge in [0.1, 0.15) is 5.75 Å². The number of ether oxygens (including phenoxy) is 2. The van der Waals surface area contributed by atoms with Crippen LogP contribution in [0.1, 0.15) is 43.2 Å². The molecule has 0 saturated heterocycles. The van der Waals surface area contributed by atoms with Crippen LogP contribution in [0.2, 0.25) is 0 Å². The van der Waals surface area contributed by atoms with Gasteiger partial charge in [-0.25, -0.2) is 0 Å². The molecule has 1 aromatic carbocycles. The Hall–Kier alpha value is -1.06. The fourth-order valence-corrected chi connectivity index (χ4v) is 3.22. The van der Waals surface area contributed by atoms with Crippen LogP contribution < -0.4 is 10.5 Å². The summed E-state index contributed by atoms with van der Waals surface area (Å²) in [6, 6.07) is 6.45. The summed E-state index contributed by atoms with van der Waals surface area (Å²) in [4.78, 5) is 0. The van der Waals surface area contributed by atoms with Gasteiger partial charge in [0.2, 0.25) is 0 Å². The number of benzene rings is 1. The Morgan fingerprint density at radius 3 is 2.47 bits per heavy atom. The van der Waals surface area contributed by atoms with Gasteiger partial charge in [-0.1, -0.05) is 25.3 Å². The van der Waals surface area contributed by atoms with Crippen LogP contribution in [0.3, 0.4) is 0 Å². The summed E-state index contributed by atoms with van der Waals surface area (Å²) in [5.41, 5.74) is 8.72. The monoisotopic (exact) mass is 263 g/mol. The van der Waals surface area contributed by atoms with E-state index in [1.807, 2.05) is 0 Å². The summed E-state index contributed by atoms with van der Waals surface area (Å²) >= 11 is 0. The number of rotatable bonds is 5. The molecule has 0 aromatic heterocycles. The lowest BCUT2D eigenvalue weighted by Gasteiger charge is -2.37. The minimum absolute atomic E-state index is 0.160. The lowest BCUT2D eigenvalue weighted by molar-refractivity contribution is 0.181. The highest BCUT2D eigenvalue weighted by molar-refractivity contribution is 5.40. The van der Waals surface area contributed by atoms with Crippen molar-refractivity contribution in [3.05, 3.63) is 29.3 Å². The van der Waals surface area contributed by atoms with E-state index in [0.29, 0.717) is 6.61 Å². The van der Waals surface area contributed by atoms with E-state index in [9.17, 15) is 0 Å². The van der Waals surface area contributed by atoms with Gasteiger partial charge >= 0.3 is 0 Å². The molecule has 0 radical (unpaired) electrons. The molecule has 1 aromatic rings. The molecule has 3 nitrogen and oxygen atoms in total.